The Hall–Kier alpha value is -1.36. The number of hydrogen-bond donors (Lipinski definition) is 2. The van der Waals surface area contributed by atoms with Crippen LogP contribution in [0.3, 0.4) is 0 Å². The average Bonchev–Trinajstić information content (AvgIpc) is 2.47. The van der Waals surface area contributed by atoms with E-state index >= 15 is 0 Å². The van der Waals surface area contributed by atoms with Gasteiger partial charge in [0.25, 0.3) is 0 Å². The molecule has 5 heteroatoms. The van der Waals surface area contributed by atoms with Gasteiger partial charge < -0.3 is 10.6 Å². The summed E-state index contributed by atoms with van der Waals surface area (Å²) in [6.07, 6.45) is 1.97. The van der Waals surface area contributed by atoms with E-state index in [0.717, 1.165) is 18.5 Å². The molecule has 4 nitrogen and oxygen atoms in total. The molecule has 0 unspecified atom stereocenters. The Morgan fingerprint density at radius 3 is 2.40 bits per heavy atom. The van der Waals surface area contributed by atoms with Gasteiger partial charge in [0.2, 0.25) is 11.8 Å². The highest BCUT2D eigenvalue weighted by Gasteiger charge is 2.11. The van der Waals surface area contributed by atoms with Gasteiger partial charge in [-0.2, -0.15) is 0 Å². The molecule has 1 rings (SSSR count). The normalized spacial score (nSPS) is 11.8. The van der Waals surface area contributed by atoms with Crippen molar-refractivity contribution < 1.29 is 9.59 Å². The molecule has 0 heterocycles. The van der Waals surface area contributed by atoms with Crippen molar-refractivity contribution in [3.8, 4) is 0 Å². The summed E-state index contributed by atoms with van der Waals surface area (Å²) in [7, 11) is 0. The predicted molar refractivity (Wildman–Crippen MR) is 85.1 cm³/mol. The number of aryl methyl sites for hydroxylation is 1. The van der Waals surface area contributed by atoms with E-state index in [-0.39, 0.29) is 23.1 Å². The van der Waals surface area contributed by atoms with Crippen LogP contribution in [0.4, 0.5) is 5.69 Å². The predicted octanol–water partition coefficient (Wildman–Crippen LogP) is 2.87. The van der Waals surface area contributed by atoms with Crippen LogP contribution < -0.4 is 10.6 Å². The van der Waals surface area contributed by atoms with Crippen molar-refractivity contribution in [2.45, 2.75) is 37.9 Å². The number of alkyl halides is 1. The number of carbonyl (C=O) groups is 2. The zero-order valence-corrected chi connectivity index (χ0v) is 13.5. The maximum Gasteiger partial charge on any atom is 0.233 e. The van der Waals surface area contributed by atoms with Gasteiger partial charge in [-0.25, -0.2) is 0 Å². The van der Waals surface area contributed by atoms with E-state index in [9.17, 15) is 9.59 Å². The maximum absolute atomic E-state index is 11.7. The molecule has 1 aromatic carbocycles. The molecule has 0 aromatic heterocycles. The second-order valence-corrected chi connectivity index (χ2v) is 5.62. The van der Waals surface area contributed by atoms with Gasteiger partial charge in [0.15, 0.2) is 0 Å². The van der Waals surface area contributed by atoms with Gasteiger partial charge in [0, 0.05) is 18.7 Å². The zero-order valence-electron chi connectivity index (χ0n) is 11.9. The van der Waals surface area contributed by atoms with Crippen molar-refractivity contribution in [3.05, 3.63) is 29.8 Å². The summed E-state index contributed by atoms with van der Waals surface area (Å²) >= 11 is 3.26. The molecule has 0 aliphatic rings. The van der Waals surface area contributed by atoms with Crippen LogP contribution in [0.5, 0.6) is 0 Å². The third-order valence-corrected chi connectivity index (χ3v) is 4.00. The molecule has 1 aromatic rings. The summed E-state index contributed by atoms with van der Waals surface area (Å²) in [5.41, 5.74) is 2.02. The van der Waals surface area contributed by atoms with Crippen molar-refractivity contribution >= 4 is 33.4 Å². The van der Waals surface area contributed by atoms with Gasteiger partial charge in [-0.05, 0) is 30.5 Å². The number of nitrogens with one attached hydrogen (secondary N) is 2. The summed E-state index contributed by atoms with van der Waals surface area (Å²) in [6.45, 7) is 4.36. The van der Waals surface area contributed by atoms with Crippen LogP contribution in [0.25, 0.3) is 0 Å². The lowest BCUT2D eigenvalue weighted by atomic mass is 10.1. The van der Waals surface area contributed by atoms with E-state index in [4.69, 9.17) is 0 Å². The quantitative estimate of drug-likeness (QED) is 0.750. The first-order valence-electron chi connectivity index (χ1n) is 6.87. The maximum atomic E-state index is 11.7. The molecule has 0 saturated heterocycles. The first-order valence-corrected chi connectivity index (χ1v) is 7.79. The number of anilines is 1. The molecule has 0 spiro atoms. The number of halogens is 1. The highest BCUT2D eigenvalue weighted by Crippen LogP contribution is 2.10. The fourth-order valence-corrected chi connectivity index (χ4v) is 1.80. The lowest BCUT2D eigenvalue weighted by Crippen LogP contribution is -2.33. The number of benzene rings is 1. The molecule has 2 N–H and O–H groups in total. The molecule has 0 aliphatic heterocycles. The first kappa shape index (κ1) is 16.7. The summed E-state index contributed by atoms with van der Waals surface area (Å²) in [5, 5.41) is 5.53. The van der Waals surface area contributed by atoms with Crippen LogP contribution >= 0.6 is 15.9 Å². The van der Waals surface area contributed by atoms with Gasteiger partial charge in [-0.3, -0.25) is 9.59 Å². The van der Waals surface area contributed by atoms with Crippen molar-refractivity contribution in [2.75, 3.05) is 11.9 Å². The van der Waals surface area contributed by atoms with Crippen molar-refractivity contribution in [1.29, 1.82) is 0 Å². The minimum atomic E-state index is -0.188. The van der Waals surface area contributed by atoms with E-state index in [1.165, 1.54) is 5.56 Å². The molecule has 0 bridgehead atoms. The van der Waals surface area contributed by atoms with Crippen LogP contribution in [0.1, 0.15) is 32.3 Å². The van der Waals surface area contributed by atoms with Crippen LogP contribution in [-0.4, -0.2) is 23.2 Å². The van der Waals surface area contributed by atoms with Gasteiger partial charge >= 0.3 is 0 Å². The second-order valence-electron chi connectivity index (χ2n) is 4.52. The van der Waals surface area contributed by atoms with Crippen molar-refractivity contribution in [2.24, 2.45) is 0 Å². The summed E-state index contributed by atoms with van der Waals surface area (Å²) in [5.74, 6) is -0.176. The van der Waals surface area contributed by atoms with Crippen LogP contribution in [-0.2, 0) is 16.0 Å². The Bertz CT molecular complexity index is 446. The number of carbonyl (C=O) groups excluding carboxylic acids is 2. The molecule has 1 atom stereocenters. The van der Waals surface area contributed by atoms with E-state index in [1.807, 2.05) is 31.2 Å². The molecular weight excluding hydrogens is 320 g/mol. The molecule has 20 heavy (non-hydrogen) atoms. The third kappa shape index (κ3) is 5.74. The lowest BCUT2D eigenvalue weighted by molar-refractivity contribution is -0.120. The van der Waals surface area contributed by atoms with Crippen LogP contribution in [0.2, 0.25) is 0 Å². The molecule has 0 fully saturated rings. The minimum absolute atomic E-state index is 0.0763. The Morgan fingerprint density at radius 2 is 1.85 bits per heavy atom. The highest BCUT2D eigenvalue weighted by atomic mass is 79.9. The Morgan fingerprint density at radius 1 is 1.20 bits per heavy atom. The number of amides is 2. The second kappa shape index (κ2) is 8.74. The van der Waals surface area contributed by atoms with Gasteiger partial charge in [-0.15, -0.1) is 0 Å². The highest BCUT2D eigenvalue weighted by molar-refractivity contribution is 9.10. The fraction of sp³-hybridized carbons (Fsp3) is 0.467. The van der Waals surface area contributed by atoms with Crippen molar-refractivity contribution in [3.63, 3.8) is 0 Å². The standard InChI is InChI=1S/C15H21BrN2O2/c1-3-11-5-7-12(8-6-11)18-14(19)9-10-17-15(20)13(16)4-2/h5-8,13H,3-4,9-10H2,1-2H3,(H,17,20)(H,18,19)/t13-/m1/s1. The largest absolute Gasteiger partial charge is 0.355 e. The molecular formula is C15H21BrN2O2. The molecule has 0 aliphatic carbocycles. The van der Waals surface area contributed by atoms with Crippen LogP contribution in [0.15, 0.2) is 24.3 Å². The van der Waals surface area contributed by atoms with Gasteiger partial charge in [0.1, 0.15) is 0 Å². The number of hydrogen-bond acceptors (Lipinski definition) is 2. The third-order valence-electron chi connectivity index (χ3n) is 2.94. The summed E-state index contributed by atoms with van der Waals surface area (Å²) in [4.78, 5) is 23.0. The lowest BCUT2D eigenvalue weighted by Gasteiger charge is -2.09. The Kier molecular flexibility index (Phi) is 7.30. The van der Waals surface area contributed by atoms with Gasteiger partial charge in [-0.1, -0.05) is 41.9 Å². The molecule has 0 saturated carbocycles. The Labute approximate surface area is 128 Å². The molecule has 0 radical (unpaired) electrons. The molecule has 2 amide bonds. The number of rotatable bonds is 7. The smallest absolute Gasteiger partial charge is 0.233 e. The monoisotopic (exact) mass is 340 g/mol. The summed E-state index contributed by atoms with van der Waals surface area (Å²) in [6, 6.07) is 7.77. The van der Waals surface area contributed by atoms with E-state index in [0.29, 0.717) is 6.54 Å². The minimum Gasteiger partial charge on any atom is -0.355 e. The fourth-order valence-electron chi connectivity index (χ4n) is 1.64. The van der Waals surface area contributed by atoms with Crippen molar-refractivity contribution in [1.82, 2.24) is 5.32 Å². The zero-order chi connectivity index (χ0) is 15.0. The van der Waals surface area contributed by atoms with E-state index in [1.54, 1.807) is 0 Å². The van der Waals surface area contributed by atoms with E-state index < -0.39 is 0 Å². The summed E-state index contributed by atoms with van der Waals surface area (Å²) < 4.78 is 0. The van der Waals surface area contributed by atoms with E-state index in [2.05, 4.69) is 33.5 Å². The SMILES string of the molecule is CCc1ccc(NC(=O)CCNC(=O)[C@H](Br)CC)cc1. The van der Waals surface area contributed by atoms with Crippen LogP contribution in [0, 0.1) is 0 Å². The Balaban J connectivity index is 2.31. The topological polar surface area (TPSA) is 58.2 Å². The first-order chi connectivity index (χ1) is 9.56. The molecule has 110 valence electrons. The van der Waals surface area contributed by atoms with Gasteiger partial charge in [0.05, 0.1) is 4.83 Å². The average molecular weight is 341 g/mol.